The number of unbranched alkanes of at least 4 members (excludes halogenated alkanes) is 2. The van der Waals surface area contributed by atoms with Crippen molar-refractivity contribution < 1.29 is 91.4 Å². The van der Waals surface area contributed by atoms with Gasteiger partial charge in [-0.25, -0.2) is 14.6 Å². The quantitative estimate of drug-likeness (QED) is 0.00335. The number of amides is 9. The maximum absolute atomic E-state index is 15.2. The lowest BCUT2D eigenvalue weighted by atomic mass is 9.60. The first-order valence-corrected chi connectivity index (χ1v) is 39.9. The zero-order chi connectivity index (χ0) is 82.3. The van der Waals surface area contributed by atoms with Crippen LogP contribution in [0.2, 0.25) is 5.31 Å². The monoisotopic (exact) mass is 1670 g/mol. The van der Waals surface area contributed by atoms with Crippen molar-refractivity contribution >= 4 is 129 Å². The Labute approximate surface area is 670 Å². The Morgan fingerprint density at radius 2 is 1.61 bits per heavy atom. The number of imide groups is 1. The van der Waals surface area contributed by atoms with Crippen LogP contribution in [-0.2, 0) is 59.1 Å². The van der Waals surface area contributed by atoms with Crippen molar-refractivity contribution in [3.05, 3.63) is 99.5 Å². The molecule has 12 atom stereocenters. The first kappa shape index (κ1) is 85.6. The lowest BCUT2D eigenvalue weighted by Gasteiger charge is -2.39. The van der Waals surface area contributed by atoms with Gasteiger partial charge < -0.3 is 86.0 Å². The standard InChI is InChI=1S/C81H104BIN10O20/c1-12-79(9,82)52-39-57(96)93(74(52)103)33-15-13-14-31-85-75(104)81(29-18-30-81)76(105)89-53(21-17-32-86-77(84)106)73(102)87-49-24-22-48(23-25-49)40-109-78(107)88-50-26-34-92(35-27-50)51-37-54(95)62-56(38-51)112-70-63(90-62)58-59-66(98)46(7)69-60(58)71(100)80(10,113-69)110-36-28-55(108-11)43(4)68(111-47(8)94)45(6)61(83)44(5)65(97)41(2)19-16-20-42(3)72(101)91-64(70)67(59)99/h16,19-20,22-25,28,36-38,41,43-45,50,52-53,55,61,65,68,95,97-98H,12-15,17-18,21,26-27,29-35,39-40,82H2,1-11H3,(H,85,104)(H,87,102)(H,88,107)(H,89,105)(H,91,101)(H3,84,86,106)/b19-16+,36-28+,42-20-/t41-,43+,44-,45+,52?,53-,55-,61+,65-,68+,79?,80-/m0/s1. The molecule has 3 aromatic carbocycles. The molecule has 8 aliphatic rings. The van der Waals surface area contributed by atoms with Gasteiger partial charge in [0.05, 0.1) is 29.4 Å². The number of aromatic nitrogens is 1. The van der Waals surface area contributed by atoms with Crippen molar-refractivity contribution in [1.29, 1.82) is 0 Å². The lowest BCUT2D eigenvalue weighted by molar-refractivity contribution is -0.155. The molecule has 11 N–H and O–H groups in total. The zero-order valence-corrected chi connectivity index (χ0v) is 68.2. The number of ketones is 1. The number of carbonyl (C=O) groups is 10. The average Bonchev–Trinajstić information content (AvgIpc) is 1.62. The number of hydrogen-bond donors (Lipinski definition) is 10. The van der Waals surface area contributed by atoms with Gasteiger partial charge in [-0.2, -0.15) is 0 Å². The van der Waals surface area contributed by atoms with Crippen LogP contribution in [0.5, 0.6) is 17.2 Å². The number of aromatic hydroxyl groups is 2. The number of halogens is 1. The lowest BCUT2D eigenvalue weighted by Crippen LogP contribution is -2.58. The van der Waals surface area contributed by atoms with Gasteiger partial charge in [0, 0.05) is 134 Å². The van der Waals surface area contributed by atoms with Gasteiger partial charge in [-0.15, -0.1) is 0 Å². The van der Waals surface area contributed by atoms with Gasteiger partial charge in [-0.1, -0.05) is 107 Å². The maximum Gasteiger partial charge on any atom is 0.407 e. The number of rotatable bonds is 23. The number of anilines is 3. The highest BCUT2D eigenvalue weighted by molar-refractivity contribution is 14.1. The SMILES string of the molecule is BC(C)(CC)C1CC(=O)N(CCCCCNC(=O)C2(C(=O)N[C@@H](CCCNC(N)=O)C(=O)Nc3ccc(COC(=O)NC4CCN(c5cc(O)c6nc7c8c9c%10c(C)c(O)c8c(=O)c(c-7oc6c5)NC(=O)/C(C)=C\C=C\[C@H](C)[C@H](O)[C@@H](C)[C@@H](I)[C@@H](C)[C@H](OC(C)=O)[C@H](C)[C@@H](OC)/C=C/O[C@@](C)(O%10)C9=O)CC4)cc3)CCC2)C1=O. The highest BCUT2D eigenvalue weighted by Crippen LogP contribution is 2.52. The molecule has 0 radical (unpaired) electrons. The second-order valence-corrected chi connectivity index (χ2v) is 32.8. The summed E-state index contributed by atoms with van der Waals surface area (Å²) in [6, 6.07) is 7.35. The summed E-state index contributed by atoms with van der Waals surface area (Å²) in [6.45, 7) is 18.4. The molecular weight excluding hydrogens is 1570 g/mol. The fourth-order valence-electron chi connectivity index (χ4n) is 15.5. The number of benzene rings is 4. The number of likely N-dealkylation sites (tertiary alicyclic amines) is 1. The van der Waals surface area contributed by atoms with Crippen molar-refractivity contribution in [3.63, 3.8) is 0 Å². The van der Waals surface area contributed by atoms with E-state index in [1.165, 1.54) is 58.1 Å². The summed E-state index contributed by atoms with van der Waals surface area (Å²) < 4.78 is 36.4. The molecule has 3 fully saturated rings. The number of nitrogens with zero attached hydrogens (tertiary/aromatic N) is 3. The first-order chi connectivity index (χ1) is 53.5. The van der Waals surface area contributed by atoms with Crippen LogP contribution in [0.25, 0.3) is 33.3 Å². The molecule has 2 aliphatic carbocycles. The minimum Gasteiger partial charge on any atom is -0.507 e. The van der Waals surface area contributed by atoms with E-state index in [9.17, 15) is 58.5 Å². The molecular formula is C81H104BIN10O20. The van der Waals surface area contributed by atoms with Crippen molar-refractivity contribution in [1.82, 2.24) is 31.2 Å². The van der Waals surface area contributed by atoms with Crippen molar-refractivity contribution in [3.8, 4) is 28.7 Å². The summed E-state index contributed by atoms with van der Waals surface area (Å²) >= 11 is 2.26. The number of aliphatic hydroxyl groups is 1. The van der Waals surface area contributed by atoms with E-state index in [1.54, 1.807) is 48.6 Å². The summed E-state index contributed by atoms with van der Waals surface area (Å²) in [5, 5.41) is 51.4. The second kappa shape index (κ2) is 36.1. The van der Waals surface area contributed by atoms with Gasteiger partial charge in [-0.3, -0.25) is 48.1 Å². The molecule has 2 saturated heterocycles. The zero-order valence-electron chi connectivity index (χ0n) is 66.0. The molecule has 3 aromatic rings. The van der Waals surface area contributed by atoms with Crippen LogP contribution < -0.4 is 52.7 Å². The summed E-state index contributed by atoms with van der Waals surface area (Å²) in [4.78, 5) is 158. The number of fused-ring (bicyclic) bond motifs is 14. The van der Waals surface area contributed by atoms with Crippen LogP contribution in [0.3, 0.4) is 0 Å². The molecule has 6 aliphatic heterocycles. The molecule has 11 rings (SSSR count). The smallest absolute Gasteiger partial charge is 0.407 e. The normalized spacial score (nSPS) is 25.4. The topological polar surface area (TPSA) is 425 Å². The largest absolute Gasteiger partial charge is 0.507 e. The van der Waals surface area contributed by atoms with Gasteiger partial charge >= 0.3 is 23.9 Å². The Kier molecular flexibility index (Phi) is 27.4. The highest BCUT2D eigenvalue weighted by atomic mass is 127. The number of methoxy groups -OCH3 is 1. The number of ether oxygens (including phenoxy) is 5. The molecule has 30 nitrogen and oxygen atoms in total. The Morgan fingerprint density at radius 3 is 2.27 bits per heavy atom. The van der Waals surface area contributed by atoms with E-state index in [-0.39, 0.29) is 153 Å². The van der Waals surface area contributed by atoms with Crippen LogP contribution in [-0.4, -0.2) is 172 Å². The number of Topliss-reactive ketones (excluding diaryl/α,β-unsaturated/α-hetero) is 1. The number of esters is 1. The molecule has 2 unspecified atom stereocenters. The predicted octanol–water partition coefficient (Wildman–Crippen LogP) is 8.92. The van der Waals surface area contributed by atoms with E-state index in [1.807, 2.05) is 54.3 Å². The third-order valence-electron chi connectivity index (χ3n) is 23.2. The van der Waals surface area contributed by atoms with Crippen LogP contribution in [0.4, 0.5) is 26.7 Å². The van der Waals surface area contributed by atoms with E-state index >= 15 is 9.59 Å². The first-order valence-electron chi connectivity index (χ1n) is 38.7. The fraction of sp³-hybridized carbons (Fsp3) is 0.531. The van der Waals surface area contributed by atoms with Crippen LogP contribution in [0, 0.1) is 41.9 Å². The predicted molar refractivity (Wildman–Crippen MR) is 432 cm³/mol. The summed E-state index contributed by atoms with van der Waals surface area (Å²) in [7, 11) is 3.47. The average molecular weight is 1680 g/mol. The molecule has 0 aromatic heterocycles. The second-order valence-electron chi connectivity index (χ2n) is 31.4. The Hall–Kier alpha value is -9.83. The molecule has 5 bridgehead atoms. The van der Waals surface area contributed by atoms with Crippen molar-refractivity contribution in [2.45, 2.75) is 198 Å². The number of hydrogen-bond acceptors (Lipinski definition) is 22. The number of nitrogens with one attached hydrogen (secondary N) is 6. The minimum atomic E-state index is -2.13. The fourth-order valence-corrected chi connectivity index (χ4v) is 16.3. The van der Waals surface area contributed by atoms with Gasteiger partial charge in [-0.05, 0) is 107 Å². The number of nitrogens with two attached hydrogens (primary N) is 1. The molecule has 9 amide bonds. The highest BCUT2D eigenvalue weighted by Gasteiger charge is 2.53. The Balaban J connectivity index is 0.797. The van der Waals surface area contributed by atoms with Gasteiger partial charge in [0.1, 0.15) is 66.2 Å². The Morgan fingerprint density at radius 1 is 0.912 bits per heavy atom. The van der Waals surface area contributed by atoms with E-state index in [0.717, 1.165) is 6.42 Å². The number of piperidine rings is 1. The summed E-state index contributed by atoms with van der Waals surface area (Å²) in [5.41, 5.74) is 3.42. The molecule has 1 saturated carbocycles. The third-order valence-corrected chi connectivity index (χ3v) is 25.5. The molecule has 0 spiro atoms. The van der Waals surface area contributed by atoms with Gasteiger partial charge in [0.2, 0.25) is 35.0 Å². The van der Waals surface area contributed by atoms with E-state index in [4.69, 9.17) is 38.8 Å². The maximum atomic E-state index is 15.2. The van der Waals surface area contributed by atoms with Crippen molar-refractivity contribution in [2.75, 3.05) is 55.4 Å². The van der Waals surface area contributed by atoms with E-state index in [0.29, 0.717) is 75.1 Å². The Bertz CT molecular complexity index is 4610. The van der Waals surface area contributed by atoms with E-state index in [2.05, 4.69) is 54.5 Å². The molecule has 113 heavy (non-hydrogen) atoms. The van der Waals surface area contributed by atoms with Crippen LogP contribution >= 0.6 is 22.6 Å². The number of phenolic OH excluding ortho intramolecular Hbond substituents is 2. The van der Waals surface area contributed by atoms with Crippen molar-refractivity contribution in [2.24, 2.45) is 40.7 Å². The number of alkyl halides is 1. The third kappa shape index (κ3) is 18.7. The van der Waals surface area contributed by atoms with Crippen LogP contribution in [0.15, 0.2) is 81.7 Å². The molecule has 32 heteroatoms. The summed E-state index contributed by atoms with van der Waals surface area (Å²) in [6.07, 6.45) is 9.63. The number of primary amides is 1. The van der Waals surface area contributed by atoms with Gasteiger partial charge in [0.25, 0.3) is 11.7 Å². The number of urea groups is 1. The van der Waals surface area contributed by atoms with Gasteiger partial charge in [0.15, 0.2) is 11.3 Å². The number of alkyl carbamates (subject to hydrolysis) is 1. The molecule has 6 heterocycles. The number of allylic oxidation sites excluding steroid dienone is 2. The van der Waals surface area contributed by atoms with Crippen LogP contribution in [0.1, 0.15) is 161 Å². The number of carbonyl (C=O) groups excluding carboxylic acids is 10. The minimum absolute atomic E-state index is 0.0133. The molecule has 608 valence electrons. The number of aliphatic hydroxyl groups excluding tert-OH is 1. The summed E-state index contributed by atoms with van der Waals surface area (Å²) in [5.74, 6) is -9.54. The number of phenols is 2. The van der Waals surface area contributed by atoms with E-state index < -0.39 is 117 Å².